The van der Waals surface area contributed by atoms with Crippen LogP contribution in [0.2, 0.25) is 0 Å². The van der Waals surface area contributed by atoms with Gasteiger partial charge in [0.2, 0.25) is 5.91 Å². The molecule has 0 saturated heterocycles. The molecule has 0 fully saturated rings. The number of carbonyl (C=O) groups is 2. The zero-order valence-corrected chi connectivity index (χ0v) is 23.8. The maximum Gasteiger partial charge on any atom is 0.265 e. The molecule has 0 aliphatic heterocycles. The fraction of sp³-hybridized carbons (Fsp3) is 0.226. The number of hydrogen-bond donors (Lipinski definition) is 2. The molecule has 1 aromatic heterocycles. The number of aromatic nitrogens is 1. The molecule has 0 spiro atoms. The van der Waals surface area contributed by atoms with E-state index in [0.717, 1.165) is 28.5 Å². The summed E-state index contributed by atoms with van der Waals surface area (Å²) in [7, 11) is -2.52. The van der Waals surface area contributed by atoms with E-state index in [0.29, 0.717) is 30.0 Å². The molecule has 2 amide bonds. The second-order valence-electron chi connectivity index (χ2n) is 9.57. The molecule has 0 aliphatic rings. The molecule has 2 N–H and O–H groups in total. The average Bonchev–Trinajstić information content (AvgIpc) is 3.33. The Morgan fingerprint density at radius 1 is 1.02 bits per heavy atom. The topological polar surface area (TPSA) is 107 Å². The van der Waals surface area contributed by atoms with E-state index < -0.39 is 15.9 Å². The predicted molar refractivity (Wildman–Crippen MR) is 157 cm³/mol. The second kappa shape index (κ2) is 12.2. The van der Waals surface area contributed by atoms with Crippen molar-refractivity contribution in [2.45, 2.75) is 38.6 Å². The molecule has 9 heteroatoms. The first-order valence-corrected chi connectivity index (χ1v) is 14.5. The summed E-state index contributed by atoms with van der Waals surface area (Å²) in [6.45, 7) is 6.57. The number of carbonyl (C=O) groups excluding carboxylic acids is 2. The molecule has 0 bridgehead atoms. The molecule has 1 heterocycles. The number of rotatable bonds is 10. The SMILES string of the molecule is CCCNC(=O)/C(C)=C\c1ccc2ccn(Cc3ccc(C(=O)NS(=O)(=O)c4ccccc4C)cc3OC)c2c1. The van der Waals surface area contributed by atoms with Crippen LogP contribution >= 0.6 is 0 Å². The normalized spacial score (nSPS) is 11.8. The Balaban J connectivity index is 1.56. The number of methoxy groups -OCH3 is 1. The van der Waals surface area contributed by atoms with Gasteiger partial charge in [-0.15, -0.1) is 0 Å². The third-order valence-corrected chi connectivity index (χ3v) is 8.07. The van der Waals surface area contributed by atoms with Crippen molar-refractivity contribution in [1.29, 1.82) is 0 Å². The van der Waals surface area contributed by atoms with Gasteiger partial charge in [0.05, 0.1) is 18.6 Å². The molecule has 3 aromatic carbocycles. The van der Waals surface area contributed by atoms with Crippen LogP contribution in [0.5, 0.6) is 5.75 Å². The molecule has 8 nitrogen and oxygen atoms in total. The Morgan fingerprint density at radius 3 is 2.52 bits per heavy atom. The van der Waals surface area contributed by atoms with Gasteiger partial charge in [0.1, 0.15) is 5.75 Å². The number of fused-ring (bicyclic) bond motifs is 1. The third kappa shape index (κ3) is 6.43. The fourth-order valence-electron chi connectivity index (χ4n) is 4.42. The molecule has 0 radical (unpaired) electrons. The highest BCUT2D eigenvalue weighted by atomic mass is 32.2. The highest BCUT2D eigenvalue weighted by Crippen LogP contribution is 2.26. The van der Waals surface area contributed by atoms with E-state index >= 15 is 0 Å². The lowest BCUT2D eigenvalue weighted by Gasteiger charge is -2.13. The smallest absolute Gasteiger partial charge is 0.265 e. The first kappa shape index (κ1) is 28.6. The minimum Gasteiger partial charge on any atom is -0.496 e. The van der Waals surface area contributed by atoms with Crippen LogP contribution in [-0.4, -0.2) is 38.5 Å². The summed E-state index contributed by atoms with van der Waals surface area (Å²) in [6, 6.07) is 19.4. The van der Waals surface area contributed by atoms with E-state index in [1.807, 2.05) is 43.5 Å². The summed E-state index contributed by atoms with van der Waals surface area (Å²) in [6.07, 6.45) is 4.70. The highest BCUT2D eigenvalue weighted by Gasteiger charge is 2.21. The van der Waals surface area contributed by atoms with Gasteiger partial charge in [-0.2, -0.15) is 0 Å². The lowest BCUT2D eigenvalue weighted by atomic mass is 10.1. The quantitative estimate of drug-likeness (QED) is 0.264. The van der Waals surface area contributed by atoms with Crippen LogP contribution in [0.4, 0.5) is 0 Å². The summed E-state index contributed by atoms with van der Waals surface area (Å²) in [4.78, 5) is 25.2. The van der Waals surface area contributed by atoms with Crippen LogP contribution in [0.15, 0.2) is 83.4 Å². The first-order valence-electron chi connectivity index (χ1n) is 13.0. The summed E-state index contributed by atoms with van der Waals surface area (Å²) < 4.78 is 35.3. The van der Waals surface area contributed by atoms with Crippen LogP contribution in [0.1, 0.15) is 47.3 Å². The van der Waals surface area contributed by atoms with Gasteiger partial charge < -0.3 is 14.6 Å². The fourth-order valence-corrected chi connectivity index (χ4v) is 5.64. The van der Waals surface area contributed by atoms with Crippen LogP contribution in [0, 0.1) is 6.92 Å². The van der Waals surface area contributed by atoms with Gasteiger partial charge in [-0.1, -0.05) is 43.3 Å². The Bertz CT molecular complexity index is 1700. The Morgan fingerprint density at radius 2 is 1.80 bits per heavy atom. The van der Waals surface area contributed by atoms with Crippen molar-refractivity contribution in [2.24, 2.45) is 0 Å². The molecular formula is C31H33N3O5S. The van der Waals surface area contributed by atoms with Gasteiger partial charge >= 0.3 is 0 Å². The lowest BCUT2D eigenvalue weighted by molar-refractivity contribution is -0.117. The zero-order valence-electron chi connectivity index (χ0n) is 23.0. The average molecular weight is 560 g/mol. The third-order valence-electron chi connectivity index (χ3n) is 6.57. The van der Waals surface area contributed by atoms with E-state index in [4.69, 9.17) is 4.74 Å². The van der Waals surface area contributed by atoms with E-state index in [-0.39, 0.29) is 16.4 Å². The van der Waals surface area contributed by atoms with E-state index in [9.17, 15) is 18.0 Å². The van der Waals surface area contributed by atoms with Crippen LogP contribution < -0.4 is 14.8 Å². The van der Waals surface area contributed by atoms with Gasteiger partial charge in [-0.05, 0) is 73.2 Å². The minimum atomic E-state index is -4.03. The van der Waals surface area contributed by atoms with Gasteiger partial charge in [-0.3, -0.25) is 9.59 Å². The monoisotopic (exact) mass is 559 g/mol. The van der Waals surface area contributed by atoms with Crippen molar-refractivity contribution in [2.75, 3.05) is 13.7 Å². The minimum absolute atomic E-state index is 0.0532. The van der Waals surface area contributed by atoms with Gasteiger partial charge in [0.25, 0.3) is 15.9 Å². The van der Waals surface area contributed by atoms with Gasteiger partial charge in [0, 0.05) is 35.0 Å². The number of aryl methyl sites for hydroxylation is 1. The van der Waals surface area contributed by atoms with E-state index in [1.165, 1.54) is 19.2 Å². The standard InChI is InChI=1S/C31H33N3O5S/c1-5-15-32-30(35)22(3)17-23-10-11-24-14-16-34(27(24)18-23)20-26-13-12-25(19-28(26)39-4)31(36)33-40(37,38)29-9-7-6-8-21(29)2/h6-14,16-19H,5,15,20H2,1-4H3,(H,32,35)(H,33,36)/b22-17-. The molecule has 0 unspecified atom stereocenters. The summed E-state index contributed by atoms with van der Waals surface area (Å²) in [5, 5.41) is 3.93. The van der Waals surface area contributed by atoms with Crippen molar-refractivity contribution in [3.63, 3.8) is 0 Å². The van der Waals surface area contributed by atoms with Crippen molar-refractivity contribution in [3.05, 3.63) is 101 Å². The van der Waals surface area contributed by atoms with Gasteiger partial charge in [0.15, 0.2) is 0 Å². The Labute approximate surface area is 234 Å². The summed E-state index contributed by atoms with van der Waals surface area (Å²) in [5.41, 5.74) is 4.04. The molecule has 4 rings (SSSR count). The number of benzene rings is 3. The molecule has 208 valence electrons. The lowest BCUT2D eigenvalue weighted by Crippen LogP contribution is -2.31. The largest absolute Gasteiger partial charge is 0.496 e. The van der Waals surface area contributed by atoms with Crippen molar-refractivity contribution < 1.29 is 22.7 Å². The first-order chi connectivity index (χ1) is 19.1. The molecule has 0 saturated carbocycles. The maximum absolute atomic E-state index is 12.9. The van der Waals surface area contributed by atoms with Crippen molar-refractivity contribution in [1.82, 2.24) is 14.6 Å². The van der Waals surface area contributed by atoms with Crippen molar-refractivity contribution >= 4 is 38.8 Å². The predicted octanol–water partition coefficient (Wildman–Crippen LogP) is 5.05. The number of ether oxygens (including phenoxy) is 1. The second-order valence-corrected chi connectivity index (χ2v) is 11.2. The van der Waals surface area contributed by atoms with Crippen LogP contribution in [-0.2, 0) is 21.4 Å². The maximum atomic E-state index is 12.9. The molecule has 40 heavy (non-hydrogen) atoms. The number of sulfonamides is 1. The molecule has 0 atom stereocenters. The number of hydrogen-bond acceptors (Lipinski definition) is 5. The summed E-state index contributed by atoms with van der Waals surface area (Å²) >= 11 is 0. The highest BCUT2D eigenvalue weighted by molar-refractivity contribution is 7.90. The molecule has 0 aliphatic carbocycles. The number of nitrogens with one attached hydrogen (secondary N) is 2. The Kier molecular flexibility index (Phi) is 8.74. The number of nitrogens with zero attached hydrogens (tertiary/aromatic N) is 1. The van der Waals surface area contributed by atoms with Gasteiger partial charge in [-0.25, -0.2) is 13.1 Å². The van der Waals surface area contributed by atoms with Crippen LogP contribution in [0.25, 0.3) is 17.0 Å². The zero-order chi connectivity index (χ0) is 28.9. The summed E-state index contributed by atoms with van der Waals surface area (Å²) in [5.74, 6) is -0.366. The van der Waals surface area contributed by atoms with E-state index in [1.54, 1.807) is 44.2 Å². The van der Waals surface area contributed by atoms with Crippen LogP contribution in [0.3, 0.4) is 0 Å². The molecular weight excluding hydrogens is 526 g/mol. The number of amides is 2. The Hall–Kier alpha value is -4.37. The van der Waals surface area contributed by atoms with E-state index in [2.05, 4.69) is 14.6 Å². The molecule has 4 aromatic rings. The van der Waals surface area contributed by atoms with Crippen molar-refractivity contribution in [3.8, 4) is 5.75 Å².